The number of nitrogens with zero attached hydrogens (tertiary/aromatic N) is 24. The Morgan fingerprint density at radius 1 is 0.353 bits per heavy atom. The molecule has 0 bridgehead atoms. The number of fused-ring (bicyclic) bond motifs is 4. The third-order valence-corrected chi connectivity index (χ3v) is 26.1. The van der Waals surface area contributed by atoms with Crippen LogP contribution in [-0.4, -0.2) is 105 Å². The van der Waals surface area contributed by atoms with Gasteiger partial charge >= 0.3 is 6.18 Å². The molecule has 0 saturated heterocycles. The van der Waals surface area contributed by atoms with E-state index in [9.17, 15) is 26.3 Å². The zero-order valence-corrected chi connectivity index (χ0v) is 81.7. The van der Waals surface area contributed by atoms with Crippen molar-refractivity contribution in [2.75, 3.05) is 6.54 Å². The molecule has 0 radical (unpaired) electrons. The molecule has 0 fully saturated rings. The fraction of sp³-hybridized carbons (Fsp3) is 0.203. The molecular weight excluding hydrogens is 1980 g/mol. The summed E-state index contributed by atoms with van der Waals surface area (Å²) in [4.78, 5) is 29.3. The fourth-order valence-electron chi connectivity index (χ4n) is 17.1. The third-order valence-electron chi connectivity index (χ3n) is 24.6. The van der Waals surface area contributed by atoms with Crippen LogP contribution >= 0.6 is 27.3 Å². The number of hydrogen-bond donors (Lipinski definition) is 0. The molecule has 0 aliphatic heterocycles. The van der Waals surface area contributed by atoms with Crippen molar-refractivity contribution in [1.29, 1.82) is 21.0 Å². The molecule has 150 heavy (non-hydrogen) atoms. The van der Waals surface area contributed by atoms with E-state index in [1.807, 2.05) is 179 Å². The van der Waals surface area contributed by atoms with Crippen LogP contribution in [0.1, 0.15) is 167 Å². The predicted molar refractivity (Wildman–Crippen MR) is 577 cm³/mol. The molecular formula is C118H111BrF6N24S. The second kappa shape index (κ2) is 53.5. The number of alkyl halides is 3. The van der Waals surface area contributed by atoms with Gasteiger partial charge in [0.25, 0.3) is 0 Å². The highest BCUT2D eigenvalue weighted by molar-refractivity contribution is 9.10. The monoisotopic (exact) mass is 2090 g/mol. The molecule has 24 nitrogen and oxygen atoms in total. The van der Waals surface area contributed by atoms with Crippen LogP contribution in [0.5, 0.6) is 0 Å². The molecule has 9 aromatic heterocycles. The van der Waals surface area contributed by atoms with Crippen LogP contribution in [0.3, 0.4) is 0 Å². The fourth-order valence-corrected chi connectivity index (χ4v) is 18.1. The summed E-state index contributed by atoms with van der Waals surface area (Å²) in [5.74, 6) is 0.887. The third kappa shape index (κ3) is 30.2. The van der Waals surface area contributed by atoms with Crippen LogP contribution in [0.15, 0.2) is 351 Å². The quantitative estimate of drug-likeness (QED) is 0.0339. The van der Waals surface area contributed by atoms with Crippen LogP contribution in [0, 0.1) is 62.8 Å². The molecule has 11 aromatic carbocycles. The lowest BCUT2D eigenvalue weighted by molar-refractivity contribution is -0.138. The van der Waals surface area contributed by atoms with E-state index in [-0.39, 0.29) is 67.5 Å². The number of pyridine rings is 4. The lowest BCUT2D eigenvalue weighted by Crippen LogP contribution is -2.29. The van der Waals surface area contributed by atoms with Gasteiger partial charge in [-0.05, 0) is 185 Å². The predicted octanol–water partition coefficient (Wildman–Crippen LogP) is 25.6. The van der Waals surface area contributed by atoms with Crippen molar-refractivity contribution in [1.82, 2.24) is 98.6 Å². The van der Waals surface area contributed by atoms with E-state index in [0.717, 1.165) is 137 Å². The number of hydrogen-bond acceptors (Lipinski definition) is 21. The van der Waals surface area contributed by atoms with E-state index >= 15 is 0 Å². The van der Waals surface area contributed by atoms with E-state index < -0.39 is 29.2 Å². The maximum Gasteiger partial charge on any atom is 0.416 e. The molecule has 0 amide bonds. The van der Waals surface area contributed by atoms with E-state index in [1.165, 1.54) is 28.6 Å². The van der Waals surface area contributed by atoms with Gasteiger partial charge in [-0.1, -0.05) is 228 Å². The first kappa shape index (κ1) is 110. The smallest absolute Gasteiger partial charge is 0.312 e. The highest BCUT2D eigenvalue weighted by Gasteiger charge is 2.35. The largest absolute Gasteiger partial charge is 0.416 e. The topological polar surface area (TPSA) is 283 Å². The molecule has 20 rings (SSSR count). The summed E-state index contributed by atoms with van der Waals surface area (Å²) in [6.45, 7) is 9.42. The average molecular weight is 2090 g/mol. The molecule has 0 aliphatic rings. The minimum Gasteiger partial charge on any atom is -0.312 e. The Balaban J connectivity index is 0.000000165. The van der Waals surface area contributed by atoms with Gasteiger partial charge in [-0.15, -0.1) is 52.1 Å². The van der Waals surface area contributed by atoms with Gasteiger partial charge in [0, 0.05) is 94.4 Å². The summed E-state index contributed by atoms with van der Waals surface area (Å²) in [6, 6.07) is 106. The molecule has 1 atom stereocenters. The normalized spacial score (nSPS) is 11.2. The van der Waals surface area contributed by atoms with Crippen molar-refractivity contribution < 1.29 is 26.3 Å². The molecule has 20 aromatic rings. The van der Waals surface area contributed by atoms with Gasteiger partial charge < -0.3 is 18.3 Å². The van der Waals surface area contributed by atoms with Gasteiger partial charge in [0.2, 0.25) is 0 Å². The van der Waals surface area contributed by atoms with Crippen molar-refractivity contribution in [2.45, 2.75) is 153 Å². The number of rotatable bonds is 34. The van der Waals surface area contributed by atoms with Gasteiger partial charge in [0.15, 0.2) is 0 Å². The lowest BCUT2D eigenvalue weighted by atomic mass is 10.0. The molecule has 0 saturated carbocycles. The van der Waals surface area contributed by atoms with E-state index in [1.54, 1.807) is 70.4 Å². The van der Waals surface area contributed by atoms with Crippen LogP contribution in [0.2, 0.25) is 0 Å². The number of aromatic nitrogens is 16. The second-order valence-corrected chi connectivity index (χ2v) is 36.9. The van der Waals surface area contributed by atoms with Crippen LogP contribution in [0.25, 0.3) is 43.6 Å². The minimum absolute atomic E-state index is 0. The van der Waals surface area contributed by atoms with Crippen molar-refractivity contribution in [3.8, 4) is 24.3 Å². The van der Waals surface area contributed by atoms with Gasteiger partial charge in [-0.3, -0.25) is 39.5 Å². The van der Waals surface area contributed by atoms with E-state index in [4.69, 9.17) is 36.0 Å². The maximum absolute atomic E-state index is 14.5. The Kier molecular flexibility index (Phi) is 39.4. The molecule has 1 unspecified atom stereocenters. The van der Waals surface area contributed by atoms with Crippen molar-refractivity contribution >= 4 is 70.9 Å². The highest BCUT2D eigenvalue weighted by Crippen LogP contribution is 2.36. The lowest BCUT2D eigenvalue weighted by Gasteiger charge is -2.31. The SMILES string of the molecule is C.C.C.C.CCC(c1ccc(Br)cc1)N(Cc1ccc2ccccc2n1)Cc1nncn1Cc1ccc(C#N)cc1.N#Cc1ccc(Cn2cnnc2CN(CCc2cccs2)Cc2ccc3ccccc3n2)cc1.N#Cc1ccc(Cn2cnnc2CN(Cc2ccc3ccccc3n2)Cc2ccc(F)cc2C(F)(F)F)cc1.N#Cc1ccc(Cn2cnnc2CN(Cc2ccc3ccccc3n2)Cc2ccc(F)cc2F)cc1. The summed E-state index contributed by atoms with van der Waals surface area (Å²) >= 11 is 5.36. The Morgan fingerprint density at radius 2 is 0.693 bits per heavy atom. The summed E-state index contributed by atoms with van der Waals surface area (Å²) in [5.41, 5.74) is 14.4. The number of thiophene rings is 1. The average Bonchev–Trinajstić information content (AvgIpc) is 1.50. The van der Waals surface area contributed by atoms with Gasteiger partial charge in [0.05, 0.1) is 149 Å². The minimum atomic E-state index is -4.71. The second-order valence-electron chi connectivity index (χ2n) is 35.0. The van der Waals surface area contributed by atoms with Gasteiger partial charge in [0.1, 0.15) is 66.1 Å². The maximum atomic E-state index is 14.5. The Morgan fingerprint density at radius 3 is 1.05 bits per heavy atom. The first-order valence-electron chi connectivity index (χ1n) is 47.0. The summed E-state index contributed by atoms with van der Waals surface area (Å²) in [7, 11) is 0. The molecule has 9 heterocycles. The first-order valence-corrected chi connectivity index (χ1v) is 48.7. The van der Waals surface area contributed by atoms with Crippen LogP contribution in [0.4, 0.5) is 26.3 Å². The molecule has 758 valence electrons. The zero-order valence-electron chi connectivity index (χ0n) is 79.3. The Bertz CT molecular complexity index is 7970. The van der Waals surface area contributed by atoms with E-state index in [0.29, 0.717) is 110 Å². The Hall–Kier alpha value is -16.8. The summed E-state index contributed by atoms with van der Waals surface area (Å²) in [5, 5.41) is 76.6. The summed E-state index contributed by atoms with van der Waals surface area (Å²) in [6.07, 6.45) is 3.98. The zero-order chi connectivity index (χ0) is 101. The highest BCUT2D eigenvalue weighted by atomic mass is 79.9. The van der Waals surface area contributed by atoms with Crippen LogP contribution in [-0.2, 0) is 104 Å². The van der Waals surface area contributed by atoms with Crippen LogP contribution < -0.4 is 0 Å². The number of halogens is 7. The number of nitriles is 4. The molecule has 0 spiro atoms. The van der Waals surface area contributed by atoms with Gasteiger partial charge in [-0.25, -0.2) is 13.2 Å². The Labute approximate surface area is 881 Å². The number of benzene rings is 11. The first-order chi connectivity index (χ1) is 71.2. The van der Waals surface area contributed by atoms with Gasteiger partial charge in [-0.2, -0.15) is 34.2 Å². The molecule has 32 heteroatoms. The standard InChI is InChI=1S/C30H27BrN6.C29H22F4N6.C28H22F2N6.C27H24N6S.4CH4/c1-2-29(25-11-14-26(31)15-12-25)36(19-27-16-13-24-5-3-4-6-28(24)34-27)20-30-35-33-21-37(30)18-23-9-7-22(17-32)8-10-23;30-24-11-9-23(26(13-24)29(31,32)33)16-38(17-25-12-10-22-3-1-2-4-27(22)36-25)18-28-37-35-19-39(28)15-21-7-5-20(14-34)6-8-21;29-24-11-9-23(26(30)13-24)16-35(17-25-12-10-22-3-1-2-4-27(22)33-25)18-28-34-32-19-36(28)15-21-7-5-20(14-31)6-8-21;28-16-21-7-9-22(10-8-21)17-33-20-29-31-27(33)19-32(14-13-25-5-3-15-34-25)18-24-12-11-23-4-1-2-6-26(23)30-24;;;;/h3-16,21,29H,2,18-20H2,1H3;1-13,19H,15-18H2;1-13,19H,15-18H2;1-12,15,20H,13-14,17-19H2;4*1H4. The molecule has 0 aliphatic carbocycles. The van der Waals surface area contributed by atoms with Crippen molar-refractivity contribution in [3.63, 3.8) is 0 Å². The van der Waals surface area contributed by atoms with E-state index in [2.05, 4.69) is 202 Å². The molecule has 0 N–H and O–H groups in total. The van der Waals surface area contributed by atoms with Crippen molar-refractivity contribution in [2.24, 2.45) is 0 Å². The number of para-hydroxylation sites is 4. The van der Waals surface area contributed by atoms with Crippen molar-refractivity contribution in [3.05, 3.63) is 486 Å². The summed E-state index contributed by atoms with van der Waals surface area (Å²) < 4.78 is 92.0.